The molecule has 134 valence electrons. The fraction of sp³-hybridized carbons (Fsp3) is 0.238. The van der Waals surface area contributed by atoms with Crippen LogP contribution < -0.4 is 9.75 Å². The largest absolute Gasteiger partial charge is 0.496 e. The molecule has 4 nitrogen and oxygen atoms in total. The first kappa shape index (κ1) is 18.4. The molecule has 0 saturated heterocycles. The zero-order valence-electron chi connectivity index (χ0n) is 15.3. The van der Waals surface area contributed by atoms with Crippen LogP contribution in [0.1, 0.15) is 26.3 Å². The lowest BCUT2D eigenvalue weighted by molar-refractivity contribution is -0.114. The summed E-state index contributed by atoms with van der Waals surface area (Å²) in [5.74, 6) is 0.572. The summed E-state index contributed by atoms with van der Waals surface area (Å²) in [5, 5.41) is 6.11. The Kier molecular flexibility index (Phi) is 5.01. The Bertz CT molecular complexity index is 896. The Morgan fingerprint density at radius 3 is 2.42 bits per heavy atom. The summed E-state index contributed by atoms with van der Waals surface area (Å²) in [6, 6.07) is 15.2. The van der Waals surface area contributed by atoms with Crippen molar-refractivity contribution < 1.29 is 9.53 Å². The van der Waals surface area contributed by atoms with E-state index in [4.69, 9.17) is 4.74 Å². The monoisotopic (exact) mass is 412 g/mol. The number of rotatable bonds is 3. The number of hydrazone groups is 1. The van der Waals surface area contributed by atoms with Gasteiger partial charge < -0.3 is 4.74 Å². The summed E-state index contributed by atoms with van der Waals surface area (Å²) in [6.45, 7) is 6.17. The second kappa shape index (κ2) is 7.08. The topological polar surface area (TPSA) is 41.9 Å². The Balaban J connectivity index is 2.13. The fourth-order valence-corrected chi connectivity index (χ4v) is 3.20. The third kappa shape index (κ3) is 3.58. The van der Waals surface area contributed by atoms with Gasteiger partial charge in [-0.1, -0.05) is 54.9 Å². The van der Waals surface area contributed by atoms with Gasteiger partial charge in [-0.05, 0) is 36.4 Å². The van der Waals surface area contributed by atoms with Crippen molar-refractivity contribution in [3.05, 3.63) is 64.1 Å². The molecule has 5 heteroatoms. The van der Waals surface area contributed by atoms with Gasteiger partial charge in [0.25, 0.3) is 5.91 Å². The van der Waals surface area contributed by atoms with Crippen LogP contribution in [0, 0.1) is 5.41 Å². The highest BCUT2D eigenvalue weighted by molar-refractivity contribution is 9.10. The number of benzene rings is 2. The maximum atomic E-state index is 13.1. The summed E-state index contributed by atoms with van der Waals surface area (Å²) in [5.41, 5.74) is 2.65. The Hall–Kier alpha value is -2.40. The molecular weight excluding hydrogens is 392 g/mol. The molecule has 26 heavy (non-hydrogen) atoms. The summed E-state index contributed by atoms with van der Waals surface area (Å²) >= 11 is 3.48. The van der Waals surface area contributed by atoms with Crippen LogP contribution in [0.5, 0.6) is 5.75 Å². The minimum atomic E-state index is -0.274. The van der Waals surface area contributed by atoms with Gasteiger partial charge in [-0.3, -0.25) is 4.79 Å². The number of carbonyl (C=O) groups excluding carboxylic acids is 1. The maximum absolute atomic E-state index is 13.1. The van der Waals surface area contributed by atoms with E-state index in [0.29, 0.717) is 11.3 Å². The summed E-state index contributed by atoms with van der Waals surface area (Å²) < 4.78 is 6.37. The van der Waals surface area contributed by atoms with Gasteiger partial charge in [-0.2, -0.15) is 10.1 Å². The molecule has 0 aromatic heterocycles. The van der Waals surface area contributed by atoms with Crippen LogP contribution in [0.4, 0.5) is 5.69 Å². The van der Waals surface area contributed by atoms with E-state index >= 15 is 0 Å². The normalized spacial score (nSPS) is 16.2. The van der Waals surface area contributed by atoms with E-state index in [2.05, 4.69) is 41.8 Å². The average molecular weight is 413 g/mol. The first-order chi connectivity index (χ1) is 12.3. The predicted octanol–water partition coefficient (Wildman–Crippen LogP) is 5.29. The molecule has 1 aliphatic heterocycles. The van der Waals surface area contributed by atoms with Crippen LogP contribution in [-0.2, 0) is 4.79 Å². The minimum absolute atomic E-state index is 0.136. The molecule has 1 heterocycles. The summed E-state index contributed by atoms with van der Waals surface area (Å²) in [4.78, 5) is 13.1. The number of amides is 1. The van der Waals surface area contributed by atoms with Gasteiger partial charge in [0, 0.05) is 15.5 Å². The van der Waals surface area contributed by atoms with Crippen LogP contribution >= 0.6 is 15.9 Å². The van der Waals surface area contributed by atoms with E-state index in [1.54, 1.807) is 7.11 Å². The second-order valence-corrected chi connectivity index (χ2v) is 8.01. The van der Waals surface area contributed by atoms with E-state index in [1.807, 2.05) is 54.6 Å². The lowest BCUT2D eigenvalue weighted by atomic mass is 9.85. The molecule has 0 N–H and O–H groups in total. The highest BCUT2D eigenvalue weighted by atomic mass is 79.9. The molecule has 0 aliphatic carbocycles. The number of para-hydroxylation sites is 1. The third-order valence-corrected chi connectivity index (χ3v) is 4.57. The van der Waals surface area contributed by atoms with E-state index in [1.165, 1.54) is 5.01 Å². The van der Waals surface area contributed by atoms with E-state index in [9.17, 15) is 4.79 Å². The van der Waals surface area contributed by atoms with Gasteiger partial charge in [0.1, 0.15) is 5.75 Å². The molecule has 3 rings (SSSR count). The zero-order valence-corrected chi connectivity index (χ0v) is 16.9. The smallest absolute Gasteiger partial charge is 0.280 e. The SMILES string of the molecule is COc1ccc(Br)cc1C=C1C(=O)N(c2ccccc2)N=C1C(C)(C)C. The molecule has 2 aromatic carbocycles. The molecule has 2 aromatic rings. The Morgan fingerprint density at radius 1 is 1.12 bits per heavy atom. The van der Waals surface area contributed by atoms with Gasteiger partial charge in [0.05, 0.1) is 24.1 Å². The van der Waals surface area contributed by atoms with E-state index in [0.717, 1.165) is 21.4 Å². The van der Waals surface area contributed by atoms with Crippen molar-refractivity contribution >= 4 is 39.3 Å². The van der Waals surface area contributed by atoms with Gasteiger partial charge in [0.2, 0.25) is 0 Å². The van der Waals surface area contributed by atoms with Crippen molar-refractivity contribution in [2.75, 3.05) is 12.1 Å². The van der Waals surface area contributed by atoms with Crippen molar-refractivity contribution in [1.82, 2.24) is 0 Å². The van der Waals surface area contributed by atoms with E-state index in [-0.39, 0.29) is 11.3 Å². The second-order valence-electron chi connectivity index (χ2n) is 7.10. The van der Waals surface area contributed by atoms with Gasteiger partial charge in [0.15, 0.2) is 0 Å². The molecule has 1 amide bonds. The van der Waals surface area contributed by atoms with Crippen molar-refractivity contribution in [1.29, 1.82) is 0 Å². The molecule has 0 unspecified atom stereocenters. The maximum Gasteiger partial charge on any atom is 0.280 e. The van der Waals surface area contributed by atoms with Crippen LogP contribution in [0.15, 0.2) is 63.7 Å². The number of ether oxygens (including phenoxy) is 1. The molecule has 0 spiro atoms. The molecule has 0 saturated carbocycles. The standard InChI is InChI=1S/C21H21BrN2O2/c1-21(2,3)19-17(13-14-12-15(22)10-11-18(14)26-4)20(25)24(23-19)16-8-6-5-7-9-16/h5-13H,1-4H3. The Labute approximate surface area is 162 Å². The first-order valence-corrected chi connectivity index (χ1v) is 9.15. The molecule has 0 atom stereocenters. The number of methoxy groups -OCH3 is 1. The summed E-state index contributed by atoms with van der Waals surface area (Å²) in [7, 11) is 1.62. The van der Waals surface area contributed by atoms with Gasteiger partial charge in [-0.25, -0.2) is 0 Å². The highest BCUT2D eigenvalue weighted by Crippen LogP contribution is 2.34. The van der Waals surface area contributed by atoms with Crippen LogP contribution in [0.25, 0.3) is 6.08 Å². The minimum Gasteiger partial charge on any atom is -0.496 e. The Morgan fingerprint density at radius 2 is 1.81 bits per heavy atom. The number of anilines is 1. The van der Waals surface area contributed by atoms with Crippen molar-refractivity contribution in [3.8, 4) is 5.75 Å². The first-order valence-electron chi connectivity index (χ1n) is 8.35. The molecule has 0 radical (unpaired) electrons. The van der Waals surface area contributed by atoms with Crippen LogP contribution in [-0.4, -0.2) is 18.7 Å². The molecule has 1 aliphatic rings. The quantitative estimate of drug-likeness (QED) is 0.642. The van der Waals surface area contributed by atoms with Crippen LogP contribution in [0.2, 0.25) is 0 Å². The number of carbonyl (C=O) groups is 1. The fourth-order valence-electron chi connectivity index (χ4n) is 2.82. The number of hydrogen-bond acceptors (Lipinski definition) is 3. The van der Waals surface area contributed by atoms with Crippen LogP contribution in [0.3, 0.4) is 0 Å². The molecule has 0 bridgehead atoms. The van der Waals surface area contributed by atoms with E-state index < -0.39 is 0 Å². The number of halogens is 1. The van der Waals surface area contributed by atoms with Gasteiger partial charge in [-0.15, -0.1) is 0 Å². The molecule has 0 fully saturated rings. The summed E-state index contributed by atoms with van der Waals surface area (Å²) in [6.07, 6.45) is 1.86. The molecular formula is C21H21BrN2O2. The number of nitrogens with zero attached hydrogens (tertiary/aromatic N) is 2. The third-order valence-electron chi connectivity index (χ3n) is 4.08. The average Bonchev–Trinajstić information content (AvgIpc) is 2.93. The van der Waals surface area contributed by atoms with Crippen molar-refractivity contribution in [2.45, 2.75) is 20.8 Å². The lowest BCUT2D eigenvalue weighted by Crippen LogP contribution is -2.24. The number of hydrogen-bond donors (Lipinski definition) is 0. The lowest BCUT2D eigenvalue weighted by Gasteiger charge is -2.18. The van der Waals surface area contributed by atoms with Crippen molar-refractivity contribution in [2.24, 2.45) is 10.5 Å². The highest BCUT2D eigenvalue weighted by Gasteiger charge is 2.37. The van der Waals surface area contributed by atoms with Gasteiger partial charge >= 0.3 is 0 Å². The zero-order chi connectivity index (χ0) is 18.9. The van der Waals surface area contributed by atoms with Crippen molar-refractivity contribution in [3.63, 3.8) is 0 Å². The predicted molar refractivity (Wildman–Crippen MR) is 109 cm³/mol.